The van der Waals surface area contributed by atoms with E-state index in [1.165, 1.54) is 21.7 Å². The van der Waals surface area contributed by atoms with Gasteiger partial charge in [-0.3, -0.25) is 0 Å². The van der Waals surface area contributed by atoms with Crippen molar-refractivity contribution < 1.29 is 0 Å². The van der Waals surface area contributed by atoms with E-state index >= 15 is 0 Å². The Kier molecular flexibility index (Phi) is 4.84. The first kappa shape index (κ1) is 14.6. The molecule has 0 saturated heterocycles. The van der Waals surface area contributed by atoms with Gasteiger partial charge in [-0.2, -0.15) is 0 Å². The zero-order valence-corrected chi connectivity index (χ0v) is 13.1. The molecule has 0 amide bonds. The molecule has 0 bridgehead atoms. The minimum atomic E-state index is 0.410. The van der Waals surface area contributed by atoms with Crippen molar-refractivity contribution in [1.82, 2.24) is 0 Å². The van der Waals surface area contributed by atoms with Gasteiger partial charge in [-0.05, 0) is 31.5 Å². The Labute approximate surface area is 125 Å². The van der Waals surface area contributed by atoms with Crippen molar-refractivity contribution in [1.29, 1.82) is 0 Å². The van der Waals surface area contributed by atoms with Gasteiger partial charge in [0.15, 0.2) is 0 Å². The number of rotatable bonds is 3. The van der Waals surface area contributed by atoms with Crippen LogP contribution in [0.4, 0.5) is 5.69 Å². The Morgan fingerprint density at radius 3 is 2.75 bits per heavy atom. The van der Waals surface area contributed by atoms with Crippen LogP contribution >= 0.6 is 11.3 Å². The molecule has 0 saturated carbocycles. The van der Waals surface area contributed by atoms with Gasteiger partial charge in [0.1, 0.15) is 0 Å². The smallest absolute Gasteiger partial charge is 0.0555 e. The minimum absolute atomic E-state index is 0.410. The van der Waals surface area contributed by atoms with Crippen LogP contribution in [0.5, 0.6) is 0 Å². The number of hydrogen-bond donors (Lipinski definition) is 1. The predicted molar refractivity (Wildman–Crippen MR) is 88.3 cm³/mol. The molecule has 0 atom stereocenters. The van der Waals surface area contributed by atoms with E-state index in [4.69, 9.17) is 5.73 Å². The fourth-order valence-electron chi connectivity index (χ4n) is 2.23. The summed E-state index contributed by atoms with van der Waals surface area (Å²) in [7, 11) is 2.13. The molecule has 0 radical (unpaired) electrons. The van der Waals surface area contributed by atoms with Gasteiger partial charge >= 0.3 is 0 Å². The van der Waals surface area contributed by atoms with Crippen molar-refractivity contribution in [3.8, 4) is 11.8 Å². The van der Waals surface area contributed by atoms with Crippen LogP contribution in [0.25, 0.3) is 0 Å². The summed E-state index contributed by atoms with van der Waals surface area (Å²) in [6.45, 7) is 5.59. The quantitative estimate of drug-likeness (QED) is 0.876. The molecule has 20 heavy (non-hydrogen) atoms. The number of nitrogens with zero attached hydrogens (tertiary/aromatic N) is 1. The number of nitrogens with two attached hydrogens (primary N) is 1. The van der Waals surface area contributed by atoms with Crippen molar-refractivity contribution in [2.45, 2.75) is 20.4 Å². The molecular weight excluding hydrogens is 264 g/mol. The summed E-state index contributed by atoms with van der Waals surface area (Å²) in [5.41, 5.74) is 10.3. The van der Waals surface area contributed by atoms with Crippen LogP contribution in [-0.2, 0) is 6.54 Å². The largest absolute Gasteiger partial charge is 0.369 e. The summed E-state index contributed by atoms with van der Waals surface area (Å²) in [6, 6.07) is 8.71. The average molecular weight is 284 g/mol. The Hall–Kier alpha value is -1.76. The van der Waals surface area contributed by atoms with E-state index in [1.807, 2.05) is 0 Å². The van der Waals surface area contributed by atoms with Crippen LogP contribution in [0, 0.1) is 25.7 Å². The van der Waals surface area contributed by atoms with Crippen LogP contribution in [-0.4, -0.2) is 13.6 Å². The Morgan fingerprint density at radius 1 is 1.25 bits per heavy atom. The van der Waals surface area contributed by atoms with E-state index < -0.39 is 0 Å². The highest BCUT2D eigenvalue weighted by Crippen LogP contribution is 2.23. The lowest BCUT2D eigenvalue weighted by molar-refractivity contribution is 0.933. The lowest BCUT2D eigenvalue weighted by atomic mass is 10.1. The molecule has 0 aliphatic rings. The molecule has 2 rings (SSSR count). The fraction of sp³-hybridized carbons (Fsp3) is 0.294. The number of benzene rings is 1. The van der Waals surface area contributed by atoms with Gasteiger partial charge in [0.25, 0.3) is 0 Å². The molecule has 0 spiro atoms. The van der Waals surface area contributed by atoms with Gasteiger partial charge in [-0.15, -0.1) is 11.3 Å². The molecule has 0 fully saturated rings. The maximum atomic E-state index is 5.39. The molecule has 0 aliphatic heterocycles. The fourth-order valence-corrected chi connectivity index (χ4v) is 3.10. The molecule has 2 N–H and O–H groups in total. The van der Waals surface area contributed by atoms with Gasteiger partial charge in [-0.25, -0.2) is 0 Å². The number of anilines is 1. The van der Waals surface area contributed by atoms with Gasteiger partial charge < -0.3 is 10.6 Å². The first-order valence-electron chi connectivity index (χ1n) is 6.65. The second kappa shape index (κ2) is 6.60. The minimum Gasteiger partial charge on any atom is -0.369 e. The van der Waals surface area contributed by atoms with Gasteiger partial charge in [-0.1, -0.05) is 29.5 Å². The summed E-state index contributed by atoms with van der Waals surface area (Å²) in [6.07, 6.45) is 0. The SMILES string of the molecule is Cc1ccc(N(C)Cc2cc(C#CCN)cs2)c(C)c1. The van der Waals surface area contributed by atoms with Crippen LogP contribution < -0.4 is 10.6 Å². The van der Waals surface area contributed by atoms with E-state index in [9.17, 15) is 0 Å². The summed E-state index contributed by atoms with van der Waals surface area (Å²) in [5.74, 6) is 5.96. The number of thiophene rings is 1. The molecule has 1 aromatic carbocycles. The monoisotopic (exact) mass is 284 g/mol. The zero-order chi connectivity index (χ0) is 14.5. The normalized spacial score (nSPS) is 10.0. The second-order valence-electron chi connectivity index (χ2n) is 4.95. The molecule has 3 heteroatoms. The molecule has 1 heterocycles. The highest BCUT2D eigenvalue weighted by Gasteiger charge is 2.07. The van der Waals surface area contributed by atoms with E-state index in [1.54, 1.807) is 11.3 Å². The maximum Gasteiger partial charge on any atom is 0.0555 e. The third-order valence-electron chi connectivity index (χ3n) is 3.15. The third kappa shape index (κ3) is 3.63. The highest BCUT2D eigenvalue weighted by atomic mass is 32.1. The summed E-state index contributed by atoms with van der Waals surface area (Å²) >= 11 is 1.75. The Bertz CT molecular complexity index is 646. The third-order valence-corrected chi connectivity index (χ3v) is 4.07. The van der Waals surface area contributed by atoms with Crippen LogP contribution in [0.2, 0.25) is 0 Å². The first-order valence-corrected chi connectivity index (χ1v) is 7.53. The molecule has 104 valence electrons. The van der Waals surface area contributed by atoms with Gasteiger partial charge in [0, 0.05) is 28.6 Å². The Morgan fingerprint density at radius 2 is 2.05 bits per heavy atom. The van der Waals surface area contributed by atoms with Crippen molar-refractivity contribution in [3.63, 3.8) is 0 Å². The Balaban J connectivity index is 2.11. The van der Waals surface area contributed by atoms with Crippen molar-refractivity contribution >= 4 is 17.0 Å². The van der Waals surface area contributed by atoms with E-state index in [2.05, 4.69) is 67.3 Å². The van der Waals surface area contributed by atoms with Crippen molar-refractivity contribution in [2.24, 2.45) is 5.73 Å². The zero-order valence-electron chi connectivity index (χ0n) is 12.2. The summed E-state index contributed by atoms with van der Waals surface area (Å²) in [5, 5.41) is 2.09. The molecular formula is C17H20N2S. The van der Waals surface area contributed by atoms with Crippen LogP contribution in [0.3, 0.4) is 0 Å². The molecule has 2 aromatic rings. The average Bonchev–Trinajstić information content (AvgIpc) is 2.83. The van der Waals surface area contributed by atoms with Crippen molar-refractivity contribution in [3.05, 3.63) is 51.2 Å². The standard InChI is InChI=1S/C17H20N2S/c1-13-6-7-17(14(2)9-13)19(3)11-16-10-15(12-20-16)5-4-8-18/h6-7,9-10,12H,8,11,18H2,1-3H3. The van der Waals surface area contributed by atoms with Gasteiger partial charge in [0.2, 0.25) is 0 Å². The van der Waals surface area contributed by atoms with Crippen molar-refractivity contribution in [2.75, 3.05) is 18.5 Å². The lowest BCUT2D eigenvalue weighted by Crippen LogP contribution is -2.16. The van der Waals surface area contributed by atoms with E-state index in [0.717, 1.165) is 12.1 Å². The summed E-state index contributed by atoms with van der Waals surface area (Å²) in [4.78, 5) is 3.59. The molecule has 1 aromatic heterocycles. The molecule has 0 aliphatic carbocycles. The van der Waals surface area contributed by atoms with Crippen LogP contribution in [0.1, 0.15) is 21.6 Å². The maximum absolute atomic E-state index is 5.39. The first-order chi connectivity index (χ1) is 9.60. The second-order valence-corrected chi connectivity index (χ2v) is 5.95. The number of hydrogen-bond acceptors (Lipinski definition) is 3. The van der Waals surface area contributed by atoms with Crippen LogP contribution in [0.15, 0.2) is 29.6 Å². The molecule has 2 nitrogen and oxygen atoms in total. The molecule has 0 unspecified atom stereocenters. The topological polar surface area (TPSA) is 29.3 Å². The van der Waals surface area contributed by atoms with E-state index in [-0.39, 0.29) is 0 Å². The highest BCUT2D eigenvalue weighted by molar-refractivity contribution is 7.10. The predicted octanol–water partition coefficient (Wildman–Crippen LogP) is 3.31. The van der Waals surface area contributed by atoms with E-state index in [0.29, 0.717) is 6.54 Å². The number of aryl methyl sites for hydroxylation is 2. The van der Waals surface area contributed by atoms with Gasteiger partial charge in [0.05, 0.1) is 13.1 Å². The lowest BCUT2D eigenvalue weighted by Gasteiger charge is -2.21. The summed E-state index contributed by atoms with van der Waals surface area (Å²) < 4.78 is 0.